The predicted octanol–water partition coefficient (Wildman–Crippen LogP) is 2.57. The number of hydrogen-bond acceptors (Lipinski definition) is 1. The highest BCUT2D eigenvalue weighted by Gasteiger charge is 2.19. The lowest BCUT2D eigenvalue weighted by atomic mass is 10.1. The Bertz CT molecular complexity index is 201. The van der Waals surface area contributed by atoms with Crippen molar-refractivity contribution in [1.82, 2.24) is 0 Å². The lowest BCUT2D eigenvalue weighted by molar-refractivity contribution is 0.650. The van der Waals surface area contributed by atoms with Gasteiger partial charge in [0.1, 0.15) is 11.0 Å². The molecule has 0 aliphatic heterocycles. The lowest BCUT2D eigenvalue weighted by Gasteiger charge is -2.14. The van der Waals surface area contributed by atoms with Gasteiger partial charge in [-0.05, 0) is 33.6 Å². The van der Waals surface area contributed by atoms with Crippen LogP contribution >= 0.6 is 0 Å². The summed E-state index contributed by atoms with van der Waals surface area (Å²) in [6, 6.07) is 0. The Morgan fingerprint density at radius 3 is 2.00 bits per heavy atom. The summed E-state index contributed by atoms with van der Waals surface area (Å²) < 4.78 is 15.4. The average molecular weight is 189 g/mol. The van der Waals surface area contributed by atoms with Gasteiger partial charge in [0.15, 0.2) is 0 Å². The van der Waals surface area contributed by atoms with Crippen LogP contribution in [0.25, 0.3) is 0 Å². The summed E-state index contributed by atoms with van der Waals surface area (Å²) in [5, 5.41) is 0. The van der Waals surface area contributed by atoms with Gasteiger partial charge in [0.2, 0.25) is 0 Å². The summed E-state index contributed by atoms with van der Waals surface area (Å²) in [4.78, 5) is 0. The average Bonchev–Trinajstić information content (AvgIpc) is 1.85. The largest absolute Gasteiger partial charge is 0.234 e. The van der Waals surface area contributed by atoms with E-state index in [9.17, 15) is 4.21 Å². The molecule has 2 nitrogen and oxygen atoms in total. The summed E-state index contributed by atoms with van der Waals surface area (Å²) in [5.74, 6) is 0.385. The standard InChI is InChI=1S/C9H19NOS/c1-7(2)8(3)10-12(11)9(4,5)6/h7H,1-6H3/b10-8-. The molecule has 1 unspecified atom stereocenters. The molecule has 0 saturated carbocycles. The molecule has 0 aliphatic rings. The normalized spacial score (nSPS) is 16.8. The van der Waals surface area contributed by atoms with Crippen LogP contribution in [0.15, 0.2) is 4.40 Å². The van der Waals surface area contributed by atoms with Crippen molar-refractivity contribution in [2.24, 2.45) is 10.3 Å². The Balaban J connectivity index is 4.46. The van der Waals surface area contributed by atoms with E-state index in [4.69, 9.17) is 0 Å². The predicted molar refractivity (Wildman–Crippen MR) is 55.8 cm³/mol. The molecule has 0 aromatic carbocycles. The minimum atomic E-state index is -1.10. The molecule has 0 aromatic rings. The van der Waals surface area contributed by atoms with E-state index in [0.717, 1.165) is 5.71 Å². The molecule has 0 saturated heterocycles. The summed E-state index contributed by atoms with van der Waals surface area (Å²) in [6.45, 7) is 11.8. The maximum Gasteiger partial charge on any atom is 0.144 e. The Morgan fingerprint density at radius 2 is 1.75 bits per heavy atom. The van der Waals surface area contributed by atoms with Gasteiger partial charge in [0.05, 0.1) is 4.75 Å². The van der Waals surface area contributed by atoms with E-state index in [0.29, 0.717) is 5.92 Å². The van der Waals surface area contributed by atoms with Gasteiger partial charge in [-0.2, -0.15) is 4.40 Å². The molecular weight excluding hydrogens is 170 g/mol. The molecule has 0 aliphatic carbocycles. The van der Waals surface area contributed by atoms with Gasteiger partial charge in [-0.3, -0.25) is 0 Å². The summed E-state index contributed by atoms with van der Waals surface area (Å²) in [6.07, 6.45) is 0. The zero-order valence-corrected chi connectivity index (χ0v) is 9.66. The number of hydrogen-bond donors (Lipinski definition) is 0. The van der Waals surface area contributed by atoms with Crippen molar-refractivity contribution < 1.29 is 4.21 Å². The Morgan fingerprint density at radius 1 is 1.33 bits per heavy atom. The van der Waals surface area contributed by atoms with Crippen LogP contribution in [-0.4, -0.2) is 14.7 Å². The van der Waals surface area contributed by atoms with E-state index in [1.807, 2.05) is 27.7 Å². The van der Waals surface area contributed by atoms with E-state index in [-0.39, 0.29) is 4.75 Å². The van der Waals surface area contributed by atoms with Crippen LogP contribution in [0.1, 0.15) is 41.5 Å². The smallest absolute Gasteiger partial charge is 0.144 e. The molecule has 1 atom stereocenters. The third-order valence-corrected chi connectivity index (χ3v) is 3.09. The van der Waals surface area contributed by atoms with Crippen LogP contribution in [0.2, 0.25) is 0 Å². The van der Waals surface area contributed by atoms with Gasteiger partial charge in [-0.15, -0.1) is 0 Å². The third kappa shape index (κ3) is 4.00. The molecule has 0 bridgehead atoms. The monoisotopic (exact) mass is 189 g/mol. The van der Waals surface area contributed by atoms with Gasteiger partial charge >= 0.3 is 0 Å². The van der Waals surface area contributed by atoms with Crippen LogP contribution in [0.5, 0.6) is 0 Å². The molecule has 0 aromatic heterocycles. The first-order valence-electron chi connectivity index (χ1n) is 4.22. The van der Waals surface area contributed by atoms with Gasteiger partial charge in [0.25, 0.3) is 0 Å². The van der Waals surface area contributed by atoms with E-state index < -0.39 is 11.0 Å². The van der Waals surface area contributed by atoms with Crippen LogP contribution < -0.4 is 0 Å². The molecule has 0 rings (SSSR count). The molecule has 0 N–H and O–H groups in total. The third-order valence-electron chi connectivity index (χ3n) is 1.59. The van der Waals surface area contributed by atoms with Crippen molar-refractivity contribution >= 4 is 16.7 Å². The van der Waals surface area contributed by atoms with Crippen molar-refractivity contribution in [3.63, 3.8) is 0 Å². The minimum absolute atomic E-state index is 0.240. The molecule has 3 heteroatoms. The molecule has 0 amide bonds. The fourth-order valence-corrected chi connectivity index (χ4v) is 1.12. The second-order valence-electron chi connectivity index (χ2n) is 4.25. The fourth-order valence-electron chi connectivity index (χ4n) is 0.373. The van der Waals surface area contributed by atoms with Gasteiger partial charge < -0.3 is 0 Å². The van der Waals surface area contributed by atoms with Crippen LogP contribution in [-0.2, 0) is 11.0 Å². The first-order chi connectivity index (χ1) is 5.25. The van der Waals surface area contributed by atoms with E-state index in [1.165, 1.54) is 0 Å². The number of rotatable bonds is 2. The highest BCUT2D eigenvalue weighted by atomic mass is 32.2. The summed E-state index contributed by atoms with van der Waals surface area (Å²) in [5.41, 5.74) is 0.961. The molecule has 72 valence electrons. The van der Waals surface area contributed by atoms with Gasteiger partial charge in [-0.25, -0.2) is 4.21 Å². The molecule has 0 heterocycles. The van der Waals surface area contributed by atoms with Crippen molar-refractivity contribution in [3.05, 3.63) is 0 Å². The zero-order chi connectivity index (χ0) is 9.94. The molecule has 0 radical (unpaired) electrons. The van der Waals surface area contributed by atoms with Crippen molar-refractivity contribution in [2.45, 2.75) is 46.3 Å². The maximum atomic E-state index is 11.5. The second-order valence-corrected chi connectivity index (χ2v) is 6.15. The van der Waals surface area contributed by atoms with E-state index in [1.54, 1.807) is 0 Å². The lowest BCUT2D eigenvalue weighted by Crippen LogP contribution is -2.21. The van der Waals surface area contributed by atoms with Crippen molar-refractivity contribution in [1.29, 1.82) is 0 Å². The van der Waals surface area contributed by atoms with E-state index >= 15 is 0 Å². The van der Waals surface area contributed by atoms with Gasteiger partial charge in [0, 0.05) is 5.71 Å². The van der Waals surface area contributed by atoms with Gasteiger partial charge in [-0.1, -0.05) is 13.8 Å². The Kier molecular flexibility index (Phi) is 4.11. The fraction of sp³-hybridized carbons (Fsp3) is 0.889. The van der Waals surface area contributed by atoms with Crippen molar-refractivity contribution in [3.8, 4) is 0 Å². The maximum absolute atomic E-state index is 11.5. The number of nitrogens with zero attached hydrogens (tertiary/aromatic N) is 1. The minimum Gasteiger partial charge on any atom is -0.234 e. The first-order valence-corrected chi connectivity index (χ1v) is 5.33. The topological polar surface area (TPSA) is 29.4 Å². The Labute approximate surface area is 78.1 Å². The zero-order valence-electron chi connectivity index (χ0n) is 8.84. The quantitative estimate of drug-likeness (QED) is 0.614. The van der Waals surface area contributed by atoms with E-state index in [2.05, 4.69) is 18.2 Å². The highest BCUT2D eigenvalue weighted by molar-refractivity contribution is 7.85. The molecular formula is C9H19NOS. The highest BCUT2D eigenvalue weighted by Crippen LogP contribution is 2.13. The van der Waals surface area contributed by atoms with Crippen LogP contribution in [0.4, 0.5) is 0 Å². The molecule has 0 fully saturated rings. The molecule has 0 spiro atoms. The SMILES string of the molecule is C/C(=N/S(=O)C(C)(C)C)C(C)C. The van der Waals surface area contributed by atoms with Crippen LogP contribution in [0, 0.1) is 5.92 Å². The first kappa shape index (κ1) is 11.8. The Hall–Kier alpha value is -0.180. The second kappa shape index (κ2) is 4.17. The van der Waals surface area contributed by atoms with Crippen molar-refractivity contribution in [2.75, 3.05) is 0 Å². The van der Waals surface area contributed by atoms with Crippen LogP contribution in [0.3, 0.4) is 0 Å². The molecule has 12 heavy (non-hydrogen) atoms. The summed E-state index contributed by atoms with van der Waals surface area (Å²) in [7, 11) is -1.10. The summed E-state index contributed by atoms with van der Waals surface area (Å²) >= 11 is 0.